The summed E-state index contributed by atoms with van der Waals surface area (Å²) >= 11 is 0. The Balaban J connectivity index is 2.30. The van der Waals surface area contributed by atoms with Crippen molar-refractivity contribution in [2.45, 2.75) is 275 Å². The van der Waals surface area contributed by atoms with Crippen molar-refractivity contribution in [3.63, 3.8) is 0 Å². The highest BCUT2D eigenvalue weighted by Crippen LogP contribution is 2.23. The highest BCUT2D eigenvalue weighted by atomic mass is 16.7. The molecule has 0 saturated carbocycles. The molecule has 338 valence electrons. The molecule has 6 N–H and O–H groups in total. The minimum atomic E-state index is -1.55. The van der Waals surface area contributed by atoms with Crippen LogP contribution >= 0.6 is 0 Å². The van der Waals surface area contributed by atoms with E-state index in [1.54, 1.807) is 0 Å². The van der Waals surface area contributed by atoms with Crippen molar-refractivity contribution in [2.24, 2.45) is 0 Å². The quantitative estimate of drug-likeness (QED) is 0.0264. The first kappa shape index (κ1) is 53.9. The van der Waals surface area contributed by atoms with E-state index in [0.29, 0.717) is 12.8 Å². The van der Waals surface area contributed by atoms with Crippen LogP contribution in [0.4, 0.5) is 0 Å². The van der Waals surface area contributed by atoms with Gasteiger partial charge in [0.05, 0.1) is 25.4 Å². The Morgan fingerprint density at radius 1 is 0.579 bits per heavy atom. The average molecular weight is 812 g/mol. The van der Waals surface area contributed by atoms with E-state index in [4.69, 9.17) is 9.47 Å². The van der Waals surface area contributed by atoms with Gasteiger partial charge in [0.1, 0.15) is 24.4 Å². The fourth-order valence-electron chi connectivity index (χ4n) is 7.92. The van der Waals surface area contributed by atoms with E-state index in [2.05, 4.69) is 31.3 Å². The van der Waals surface area contributed by atoms with Gasteiger partial charge in [-0.05, 0) is 38.5 Å². The van der Waals surface area contributed by atoms with Gasteiger partial charge in [-0.15, -0.1) is 0 Å². The molecule has 1 rings (SSSR count). The molecule has 7 unspecified atom stereocenters. The third kappa shape index (κ3) is 29.7. The number of hydrogen-bond acceptors (Lipinski definition) is 8. The Morgan fingerprint density at radius 3 is 1.42 bits per heavy atom. The molecule has 1 aliphatic heterocycles. The van der Waals surface area contributed by atoms with E-state index in [-0.39, 0.29) is 12.5 Å². The summed E-state index contributed by atoms with van der Waals surface area (Å²) in [6.45, 7) is 3.84. The number of ether oxygens (including phenoxy) is 2. The van der Waals surface area contributed by atoms with Crippen LogP contribution in [-0.4, -0.2) is 87.5 Å². The molecule has 57 heavy (non-hydrogen) atoms. The molecule has 1 aliphatic rings. The molecule has 1 amide bonds. The Morgan fingerprint density at radius 2 is 0.982 bits per heavy atom. The molecule has 0 aromatic heterocycles. The predicted molar refractivity (Wildman–Crippen MR) is 235 cm³/mol. The van der Waals surface area contributed by atoms with Crippen LogP contribution in [0.5, 0.6) is 0 Å². The molecule has 9 heteroatoms. The monoisotopic (exact) mass is 812 g/mol. The topological polar surface area (TPSA) is 149 Å². The number of amides is 1. The molecular weight excluding hydrogens is 719 g/mol. The van der Waals surface area contributed by atoms with Crippen LogP contribution in [0.1, 0.15) is 232 Å². The zero-order valence-electron chi connectivity index (χ0n) is 37.1. The largest absolute Gasteiger partial charge is 0.394 e. The van der Waals surface area contributed by atoms with Crippen LogP contribution < -0.4 is 5.32 Å². The molecule has 9 nitrogen and oxygen atoms in total. The SMILES string of the molecule is CCCCCCCCC/C=C\CCCCCCCC(=O)NC(COC1OC(CO)C(O)C(O)C1O)C(O)CCCCCCCCCCCCCCCCCCCC. The van der Waals surface area contributed by atoms with E-state index >= 15 is 0 Å². The molecule has 0 aromatic carbocycles. The number of nitrogens with one attached hydrogen (secondary N) is 1. The summed E-state index contributed by atoms with van der Waals surface area (Å²) in [7, 11) is 0. The van der Waals surface area contributed by atoms with Gasteiger partial charge >= 0.3 is 0 Å². The highest BCUT2D eigenvalue weighted by Gasteiger charge is 2.44. The smallest absolute Gasteiger partial charge is 0.220 e. The summed E-state index contributed by atoms with van der Waals surface area (Å²) in [5.41, 5.74) is 0. The van der Waals surface area contributed by atoms with Crippen molar-refractivity contribution in [3.05, 3.63) is 12.2 Å². The van der Waals surface area contributed by atoms with Gasteiger partial charge in [0, 0.05) is 6.42 Å². The lowest BCUT2D eigenvalue weighted by atomic mass is 9.99. The van der Waals surface area contributed by atoms with Crippen LogP contribution in [0.15, 0.2) is 12.2 Å². The van der Waals surface area contributed by atoms with Crippen molar-refractivity contribution < 1.29 is 39.8 Å². The van der Waals surface area contributed by atoms with Crippen LogP contribution in [0.25, 0.3) is 0 Å². The van der Waals surface area contributed by atoms with Gasteiger partial charge in [-0.1, -0.05) is 199 Å². The lowest BCUT2D eigenvalue weighted by Crippen LogP contribution is -2.60. The number of carbonyl (C=O) groups excluding carboxylic acids is 1. The maximum Gasteiger partial charge on any atom is 0.220 e. The summed E-state index contributed by atoms with van der Waals surface area (Å²) in [6.07, 6.45) is 37.9. The van der Waals surface area contributed by atoms with Gasteiger partial charge in [-0.3, -0.25) is 4.79 Å². The minimum absolute atomic E-state index is 0.138. The van der Waals surface area contributed by atoms with Gasteiger partial charge in [0.2, 0.25) is 5.91 Å². The van der Waals surface area contributed by atoms with E-state index in [9.17, 15) is 30.3 Å². The third-order valence-electron chi connectivity index (χ3n) is 11.9. The molecular formula is C48H93NO8. The summed E-state index contributed by atoms with van der Waals surface area (Å²) < 4.78 is 11.3. The number of unbranched alkanes of at least 4 members (excludes halogenated alkanes) is 29. The lowest BCUT2D eigenvalue weighted by Gasteiger charge is -2.40. The average Bonchev–Trinajstić information content (AvgIpc) is 3.21. The number of aliphatic hydroxyl groups excluding tert-OH is 5. The summed E-state index contributed by atoms with van der Waals surface area (Å²) in [5, 5.41) is 54.4. The molecule has 0 radical (unpaired) electrons. The Bertz CT molecular complexity index is 904. The summed E-state index contributed by atoms with van der Waals surface area (Å²) in [5.74, 6) is -0.150. The second kappa shape index (κ2) is 39.1. The van der Waals surface area contributed by atoms with Crippen molar-refractivity contribution in [3.8, 4) is 0 Å². The Labute approximate surface area is 350 Å². The van der Waals surface area contributed by atoms with Crippen molar-refractivity contribution in [1.82, 2.24) is 5.32 Å². The standard InChI is InChI=1S/C48H93NO8/c1-3-5-7-9-11-13-15-17-19-21-22-23-25-27-29-31-33-35-37-42(51)41(40-56-48-47(55)46(54)45(53)43(39-50)57-48)49-44(52)38-36-34-32-30-28-26-24-20-18-16-14-12-10-8-6-4-2/h20,24,41-43,45-48,50-51,53-55H,3-19,21-23,25-40H2,1-2H3,(H,49,52)/b24-20-. The predicted octanol–water partition coefficient (Wildman–Crippen LogP) is 10.5. The number of allylic oxidation sites excluding steroid dienone is 2. The van der Waals surface area contributed by atoms with Crippen LogP contribution in [0.2, 0.25) is 0 Å². The maximum atomic E-state index is 13.0. The minimum Gasteiger partial charge on any atom is -0.394 e. The van der Waals surface area contributed by atoms with Gasteiger partial charge in [-0.25, -0.2) is 0 Å². The van der Waals surface area contributed by atoms with Gasteiger partial charge < -0.3 is 40.3 Å². The first-order chi connectivity index (χ1) is 27.8. The lowest BCUT2D eigenvalue weighted by molar-refractivity contribution is -0.302. The number of carbonyl (C=O) groups is 1. The molecule has 1 heterocycles. The summed E-state index contributed by atoms with van der Waals surface area (Å²) in [4.78, 5) is 13.0. The van der Waals surface area contributed by atoms with Crippen LogP contribution in [0, 0.1) is 0 Å². The zero-order chi connectivity index (χ0) is 41.6. The van der Waals surface area contributed by atoms with E-state index < -0.39 is 49.5 Å². The Kier molecular flexibility index (Phi) is 37.0. The van der Waals surface area contributed by atoms with Crippen LogP contribution in [0.3, 0.4) is 0 Å². The van der Waals surface area contributed by atoms with Gasteiger partial charge in [-0.2, -0.15) is 0 Å². The second-order valence-corrected chi connectivity index (χ2v) is 17.3. The molecule has 0 bridgehead atoms. The Hall–Kier alpha value is -1.07. The molecule has 7 atom stereocenters. The molecule has 1 saturated heterocycles. The number of hydrogen-bond donors (Lipinski definition) is 6. The molecule has 0 spiro atoms. The van der Waals surface area contributed by atoms with E-state index in [1.807, 2.05) is 0 Å². The van der Waals surface area contributed by atoms with E-state index in [1.165, 1.54) is 154 Å². The molecule has 0 aromatic rings. The molecule has 1 fully saturated rings. The second-order valence-electron chi connectivity index (χ2n) is 17.3. The third-order valence-corrected chi connectivity index (χ3v) is 11.9. The molecule has 0 aliphatic carbocycles. The highest BCUT2D eigenvalue weighted by molar-refractivity contribution is 5.76. The van der Waals surface area contributed by atoms with Crippen molar-refractivity contribution in [1.29, 1.82) is 0 Å². The van der Waals surface area contributed by atoms with Crippen LogP contribution in [-0.2, 0) is 14.3 Å². The fraction of sp³-hybridized carbons (Fsp3) is 0.938. The zero-order valence-corrected chi connectivity index (χ0v) is 37.1. The maximum absolute atomic E-state index is 13.0. The van der Waals surface area contributed by atoms with E-state index in [0.717, 1.165) is 51.4 Å². The first-order valence-corrected chi connectivity index (χ1v) is 24.4. The van der Waals surface area contributed by atoms with Crippen molar-refractivity contribution in [2.75, 3.05) is 13.2 Å². The number of aliphatic hydroxyl groups is 5. The fourth-order valence-corrected chi connectivity index (χ4v) is 7.92. The van der Waals surface area contributed by atoms with Crippen molar-refractivity contribution >= 4 is 5.91 Å². The normalized spacial score (nSPS) is 21.0. The summed E-state index contributed by atoms with van der Waals surface area (Å²) in [6, 6.07) is -0.719. The van der Waals surface area contributed by atoms with Gasteiger partial charge in [0.15, 0.2) is 6.29 Å². The first-order valence-electron chi connectivity index (χ1n) is 24.4. The van der Waals surface area contributed by atoms with Gasteiger partial charge in [0.25, 0.3) is 0 Å². The number of rotatable bonds is 41.